The smallest absolute Gasteiger partial charge is 0.156 e. The molecule has 2 heterocycles. The molecular formula is C13H24O3. The van der Waals surface area contributed by atoms with Crippen LogP contribution in [0.25, 0.3) is 0 Å². The Labute approximate surface area is 98.4 Å². The van der Waals surface area contributed by atoms with Gasteiger partial charge in [0.2, 0.25) is 0 Å². The molecule has 2 fully saturated rings. The Morgan fingerprint density at radius 3 is 2.44 bits per heavy atom. The van der Waals surface area contributed by atoms with Gasteiger partial charge in [0.05, 0.1) is 12.7 Å². The first-order valence-corrected chi connectivity index (χ1v) is 6.68. The molecule has 0 saturated carbocycles. The predicted octanol–water partition coefficient (Wildman–Crippen LogP) is 2.73. The number of hydrogen-bond acceptors (Lipinski definition) is 3. The van der Waals surface area contributed by atoms with E-state index >= 15 is 0 Å². The Morgan fingerprint density at radius 2 is 1.81 bits per heavy atom. The average Bonchev–Trinajstić information content (AvgIpc) is 2.76. The van der Waals surface area contributed by atoms with Crippen molar-refractivity contribution >= 4 is 0 Å². The van der Waals surface area contributed by atoms with Crippen LogP contribution < -0.4 is 0 Å². The molecule has 0 amide bonds. The first-order chi connectivity index (χ1) is 7.76. The first kappa shape index (κ1) is 12.3. The van der Waals surface area contributed by atoms with Crippen molar-refractivity contribution in [3.05, 3.63) is 0 Å². The summed E-state index contributed by atoms with van der Waals surface area (Å²) >= 11 is 0. The van der Waals surface area contributed by atoms with Gasteiger partial charge in [0.1, 0.15) is 12.2 Å². The second-order valence-corrected chi connectivity index (χ2v) is 4.98. The van der Waals surface area contributed by atoms with Crippen LogP contribution in [0.4, 0.5) is 0 Å². The van der Waals surface area contributed by atoms with Crippen molar-refractivity contribution in [3.63, 3.8) is 0 Å². The topological polar surface area (TPSA) is 27.7 Å². The van der Waals surface area contributed by atoms with Crippen LogP contribution in [0.1, 0.15) is 46.5 Å². The molecule has 2 saturated heterocycles. The van der Waals surface area contributed by atoms with Gasteiger partial charge < -0.3 is 14.2 Å². The standard InChI is InChI=1S/C13H24O3/c1-4-6-10(7-5-2)12-13-11(8-14-12)15-9(3)16-13/h9-13H,4-8H2,1-3H3/t9?,11-,12+,13-/m0/s1. The molecule has 1 unspecified atom stereocenters. The average molecular weight is 228 g/mol. The molecule has 0 aromatic heterocycles. The molecule has 2 aliphatic heterocycles. The van der Waals surface area contributed by atoms with E-state index in [2.05, 4.69) is 13.8 Å². The van der Waals surface area contributed by atoms with Crippen molar-refractivity contribution in [1.29, 1.82) is 0 Å². The molecule has 3 heteroatoms. The molecule has 0 N–H and O–H groups in total. The van der Waals surface area contributed by atoms with Crippen LogP contribution in [0.15, 0.2) is 0 Å². The summed E-state index contributed by atoms with van der Waals surface area (Å²) < 4.78 is 17.4. The lowest BCUT2D eigenvalue weighted by Crippen LogP contribution is -2.34. The second kappa shape index (κ2) is 5.48. The molecule has 94 valence electrons. The summed E-state index contributed by atoms with van der Waals surface area (Å²) in [5, 5.41) is 0. The molecule has 4 atom stereocenters. The monoisotopic (exact) mass is 228 g/mol. The lowest BCUT2D eigenvalue weighted by Gasteiger charge is -2.26. The number of rotatable bonds is 5. The van der Waals surface area contributed by atoms with Crippen molar-refractivity contribution in [2.45, 2.75) is 71.1 Å². The molecule has 2 aliphatic rings. The van der Waals surface area contributed by atoms with E-state index in [1.807, 2.05) is 6.92 Å². The molecule has 0 bridgehead atoms. The van der Waals surface area contributed by atoms with E-state index < -0.39 is 0 Å². The van der Waals surface area contributed by atoms with E-state index in [4.69, 9.17) is 14.2 Å². The molecule has 0 aromatic rings. The zero-order valence-electron chi connectivity index (χ0n) is 10.6. The summed E-state index contributed by atoms with van der Waals surface area (Å²) in [5.41, 5.74) is 0. The van der Waals surface area contributed by atoms with Gasteiger partial charge in [0.15, 0.2) is 6.29 Å². The largest absolute Gasteiger partial charge is 0.372 e. The fourth-order valence-corrected chi connectivity index (χ4v) is 3.01. The third-order valence-electron chi connectivity index (χ3n) is 3.64. The van der Waals surface area contributed by atoms with Crippen molar-refractivity contribution in [2.24, 2.45) is 5.92 Å². The molecular weight excluding hydrogens is 204 g/mol. The quantitative estimate of drug-likeness (QED) is 0.724. The maximum absolute atomic E-state index is 5.89. The van der Waals surface area contributed by atoms with E-state index in [1.54, 1.807) is 0 Å². The summed E-state index contributed by atoms with van der Waals surface area (Å²) in [6.07, 6.45) is 5.48. The minimum absolute atomic E-state index is 0.0506. The second-order valence-electron chi connectivity index (χ2n) is 4.98. The van der Waals surface area contributed by atoms with Crippen molar-refractivity contribution in [3.8, 4) is 0 Å². The van der Waals surface area contributed by atoms with E-state index in [0.717, 1.165) is 0 Å². The minimum atomic E-state index is -0.0506. The van der Waals surface area contributed by atoms with Gasteiger partial charge in [0, 0.05) is 0 Å². The minimum Gasteiger partial charge on any atom is -0.372 e. The first-order valence-electron chi connectivity index (χ1n) is 6.68. The van der Waals surface area contributed by atoms with Crippen LogP contribution >= 0.6 is 0 Å². The van der Waals surface area contributed by atoms with Crippen LogP contribution in [-0.4, -0.2) is 31.2 Å². The number of fused-ring (bicyclic) bond motifs is 1. The Morgan fingerprint density at radius 1 is 1.12 bits per heavy atom. The highest BCUT2D eigenvalue weighted by Crippen LogP contribution is 2.35. The maximum atomic E-state index is 5.89. The maximum Gasteiger partial charge on any atom is 0.156 e. The molecule has 0 spiro atoms. The summed E-state index contributed by atoms with van der Waals surface area (Å²) in [6, 6.07) is 0. The Balaban J connectivity index is 1.96. The zero-order chi connectivity index (χ0) is 11.5. The molecule has 0 aliphatic carbocycles. The fraction of sp³-hybridized carbons (Fsp3) is 1.00. The highest BCUT2D eigenvalue weighted by Gasteiger charge is 2.47. The summed E-state index contributed by atoms with van der Waals surface area (Å²) in [7, 11) is 0. The van der Waals surface area contributed by atoms with Gasteiger partial charge in [-0.3, -0.25) is 0 Å². The van der Waals surface area contributed by atoms with Crippen LogP contribution in [0, 0.1) is 5.92 Å². The van der Waals surface area contributed by atoms with Crippen molar-refractivity contribution < 1.29 is 14.2 Å². The van der Waals surface area contributed by atoms with Gasteiger partial charge in [0.25, 0.3) is 0 Å². The van der Waals surface area contributed by atoms with Crippen molar-refractivity contribution in [2.75, 3.05) is 6.61 Å². The summed E-state index contributed by atoms with van der Waals surface area (Å²) in [5.74, 6) is 0.638. The van der Waals surface area contributed by atoms with Gasteiger partial charge >= 0.3 is 0 Å². The molecule has 0 aromatic carbocycles. The van der Waals surface area contributed by atoms with E-state index in [-0.39, 0.29) is 24.6 Å². The lowest BCUT2D eigenvalue weighted by molar-refractivity contribution is -0.111. The highest BCUT2D eigenvalue weighted by atomic mass is 16.8. The summed E-state index contributed by atoms with van der Waals surface area (Å²) in [6.45, 7) is 7.17. The zero-order valence-corrected chi connectivity index (χ0v) is 10.6. The van der Waals surface area contributed by atoms with Gasteiger partial charge in [-0.05, 0) is 25.7 Å². The van der Waals surface area contributed by atoms with Crippen LogP contribution in [0.2, 0.25) is 0 Å². The van der Waals surface area contributed by atoms with Gasteiger partial charge in [-0.15, -0.1) is 0 Å². The Hall–Kier alpha value is -0.120. The van der Waals surface area contributed by atoms with E-state index in [1.165, 1.54) is 25.7 Å². The third-order valence-corrected chi connectivity index (χ3v) is 3.64. The molecule has 2 rings (SSSR count). The SMILES string of the molecule is CCCC(CCC)[C@H]1OC[C@@H]2OC(C)O[C@@H]21. The predicted molar refractivity (Wildman–Crippen MR) is 62.3 cm³/mol. The fourth-order valence-electron chi connectivity index (χ4n) is 3.01. The van der Waals surface area contributed by atoms with Gasteiger partial charge in [-0.1, -0.05) is 26.7 Å². The van der Waals surface area contributed by atoms with Gasteiger partial charge in [-0.2, -0.15) is 0 Å². The third kappa shape index (κ3) is 2.41. The highest BCUT2D eigenvalue weighted by molar-refractivity contribution is 4.92. The molecule has 3 nitrogen and oxygen atoms in total. The normalized spacial score (nSPS) is 38.2. The van der Waals surface area contributed by atoms with Crippen LogP contribution in [0.5, 0.6) is 0 Å². The van der Waals surface area contributed by atoms with Crippen LogP contribution in [-0.2, 0) is 14.2 Å². The number of hydrogen-bond donors (Lipinski definition) is 0. The molecule has 0 radical (unpaired) electrons. The lowest BCUT2D eigenvalue weighted by atomic mass is 9.89. The Kier molecular flexibility index (Phi) is 4.22. The summed E-state index contributed by atoms with van der Waals surface area (Å²) in [4.78, 5) is 0. The van der Waals surface area contributed by atoms with E-state index in [9.17, 15) is 0 Å². The number of ether oxygens (including phenoxy) is 3. The van der Waals surface area contributed by atoms with Gasteiger partial charge in [-0.25, -0.2) is 0 Å². The molecule has 16 heavy (non-hydrogen) atoms. The van der Waals surface area contributed by atoms with E-state index in [0.29, 0.717) is 12.5 Å². The van der Waals surface area contributed by atoms with Crippen LogP contribution in [0.3, 0.4) is 0 Å². The van der Waals surface area contributed by atoms with Crippen molar-refractivity contribution in [1.82, 2.24) is 0 Å². The Bertz CT molecular complexity index is 213.